The highest BCUT2D eigenvalue weighted by Gasteiger charge is 2.24. The van der Waals surface area contributed by atoms with Crippen LogP contribution in [0.4, 0.5) is 13.9 Å². The average Bonchev–Trinajstić information content (AvgIpc) is 3.32. The number of ether oxygens (including phenoxy) is 1. The molecule has 1 fully saturated rings. The molecular formula is C19H19BrClF2N3O2S2. The molecule has 3 heterocycles. The zero-order valence-electron chi connectivity index (χ0n) is 15.8. The number of anilines is 1. The number of thiazole rings is 1. The molecule has 0 spiro atoms. The molecule has 0 unspecified atom stereocenters. The van der Waals surface area contributed by atoms with E-state index in [1.54, 1.807) is 11.0 Å². The quantitative estimate of drug-likeness (QED) is 0.433. The Morgan fingerprint density at radius 3 is 2.70 bits per heavy atom. The number of hydrogen-bond acceptors (Lipinski definition) is 6. The minimum atomic E-state index is -0.720. The van der Waals surface area contributed by atoms with Crippen LogP contribution in [0.25, 0.3) is 10.2 Å². The van der Waals surface area contributed by atoms with Gasteiger partial charge in [0, 0.05) is 32.2 Å². The first-order valence-corrected chi connectivity index (χ1v) is 11.6. The van der Waals surface area contributed by atoms with Gasteiger partial charge in [0.05, 0.1) is 26.6 Å². The fraction of sp³-hybridized carbons (Fsp3) is 0.368. The molecule has 162 valence electrons. The Balaban J connectivity index is 0.00000256. The number of nitrogens with zero attached hydrogens (tertiary/aromatic N) is 3. The number of fused-ring (bicyclic) bond motifs is 1. The molecule has 30 heavy (non-hydrogen) atoms. The summed E-state index contributed by atoms with van der Waals surface area (Å²) >= 11 is 5.84. The molecule has 1 aromatic carbocycles. The summed E-state index contributed by atoms with van der Waals surface area (Å²) in [5.41, 5.74) is 0.0877. The highest BCUT2D eigenvalue weighted by molar-refractivity contribution is 9.11. The zero-order chi connectivity index (χ0) is 20.4. The van der Waals surface area contributed by atoms with Crippen molar-refractivity contribution in [2.45, 2.75) is 6.42 Å². The molecule has 0 N–H and O–H groups in total. The van der Waals surface area contributed by atoms with Gasteiger partial charge in [-0.2, -0.15) is 0 Å². The highest BCUT2D eigenvalue weighted by Crippen LogP contribution is 2.33. The van der Waals surface area contributed by atoms with Crippen molar-refractivity contribution in [2.75, 3.05) is 44.3 Å². The number of rotatable bonds is 6. The van der Waals surface area contributed by atoms with Crippen LogP contribution in [0, 0.1) is 11.6 Å². The van der Waals surface area contributed by atoms with Crippen molar-refractivity contribution in [1.82, 2.24) is 9.88 Å². The van der Waals surface area contributed by atoms with E-state index in [4.69, 9.17) is 4.74 Å². The number of benzene rings is 1. The van der Waals surface area contributed by atoms with Crippen molar-refractivity contribution in [3.8, 4) is 0 Å². The summed E-state index contributed by atoms with van der Waals surface area (Å²) in [6.45, 7) is 4.45. The monoisotopic (exact) mass is 537 g/mol. The predicted molar refractivity (Wildman–Crippen MR) is 122 cm³/mol. The van der Waals surface area contributed by atoms with Crippen LogP contribution in [-0.4, -0.2) is 55.2 Å². The van der Waals surface area contributed by atoms with Crippen LogP contribution in [0.5, 0.6) is 0 Å². The lowest BCUT2D eigenvalue weighted by Crippen LogP contribution is -2.39. The minimum absolute atomic E-state index is 0. The Kier molecular flexibility index (Phi) is 8.17. The summed E-state index contributed by atoms with van der Waals surface area (Å²) in [4.78, 5) is 21.9. The van der Waals surface area contributed by atoms with Crippen molar-refractivity contribution in [3.05, 3.63) is 44.6 Å². The van der Waals surface area contributed by atoms with Crippen LogP contribution in [0.1, 0.15) is 16.1 Å². The van der Waals surface area contributed by atoms with E-state index in [1.165, 1.54) is 17.4 Å². The van der Waals surface area contributed by atoms with Crippen molar-refractivity contribution < 1.29 is 18.3 Å². The molecule has 3 aromatic rings. The van der Waals surface area contributed by atoms with E-state index in [1.807, 2.05) is 6.07 Å². The fourth-order valence-electron chi connectivity index (χ4n) is 3.18. The lowest BCUT2D eigenvalue weighted by Gasteiger charge is -2.27. The van der Waals surface area contributed by atoms with Crippen molar-refractivity contribution >= 4 is 72.3 Å². The van der Waals surface area contributed by atoms with E-state index in [9.17, 15) is 13.6 Å². The number of morpholine rings is 1. The molecule has 0 atom stereocenters. The van der Waals surface area contributed by atoms with E-state index >= 15 is 0 Å². The maximum Gasteiger partial charge on any atom is 0.270 e. The summed E-state index contributed by atoms with van der Waals surface area (Å²) in [6, 6.07) is 5.63. The fourth-order valence-corrected chi connectivity index (χ4v) is 5.55. The van der Waals surface area contributed by atoms with Gasteiger partial charge in [0.15, 0.2) is 10.9 Å². The molecule has 1 aliphatic rings. The molecule has 5 nitrogen and oxygen atoms in total. The van der Waals surface area contributed by atoms with Gasteiger partial charge in [0.2, 0.25) is 0 Å². The summed E-state index contributed by atoms with van der Waals surface area (Å²) < 4.78 is 34.3. The predicted octanol–water partition coefficient (Wildman–Crippen LogP) is 5.19. The maximum atomic E-state index is 14.1. The average molecular weight is 539 g/mol. The van der Waals surface area contributed by atoms with Gasteiger partial charge < -0.3 is 4.74 Å². The molecule has 11 heteroatoms. The second kappa shape index (κ2) is 10.4. The first-order chi connectivity index (χ1) is 14.0. The molecule has 2 aromatic heterocycles. The van der Waals surface area contributed by atoms with Gasteiger partial charge in [-0.25, -0.2) is 13.8 Å². The summed E-state index contributed by atoms with van der Waals surface area (Å²) in [5, 5.41) is 0.376. The smallest absolute Gasteiger partial charge is 0.270 e. The maximum absolute atomic E-state index is 14.1. The summed E-state index contributed by atoms with van der Waals surface area (Å²) in [5.74, 6) is -1.57. The Bertz CT molecular complexity index is 1030. The Morgan fingerprint density at radius 2 is 2.00 bits per heavy atom. The molecular weight excluding hydrogens is 520 g/mol. The third-order valence-corrected chi connectivity index (χ3v) is 7.26. The lowest BCUT2D eigenvalue weighted by atomic mass is 10.3. The van der Waals surface area contributed by atoms with E-state index in [2.05, 4.69) is 25.8 Å². The molecule has 0 bridgehead atoms. The highest BCUT2D eigenvalue weighted by atomic mass is 79.9. The lowest BCUT2D eigenvalue weighted by molar-refractivity contribution is 0.0376. The molecule has 0 radical (unpaired) electrons. The number of hydrogen-bond donors (Lipinski definition) is 0. The molecule has 4 rings (SSSR count). The van der Waals surface area contributed by atoms with Gasteiger partial charge in [-0.15, -0.1) is 23.7 Å². The van der Waals surface area contributed by atoms with E-state index in [0.29, 0.717) is 34.5 Å². The van der Waals surface area contributed by atoms with Crippen molar-refractivity contribution in [3.63, 3.8) is 0 Å². The topological polar surface area (TPSA) is 45.7 Å². The third-order valence-electron chi connectivity index (χ3n) is 4.62. The number of thiophene rings is 1. The number of aromatic nitrogens is 1. The van der Waals surface area contributed by atoms with Crippen LogP contribution in [0.3, 0.4) is 0 Å². The number of carbonyl (C=O) groups excluding carboxylic acids is 1. The summed E-state index contributed by atoms with van der Waals surface area (Å²) in [6.07, 6.45) is 0.741. The second-order valence-corrected chi connectivity index (χ2v) is 10.1. The van der Waals surface area contributed by atoms with Crippen LogP contribution in [-0.2, 0) is 4.74 Å². The van der Waals surface area contributed by atoms with Gasteiger partial charge in [-0.1, -0.05) is 11.3 Å². The van der Waals surface area contributed by atoms with Gasteiger partial charge in [0.25, 0.3) is 5.91 Å². The largest absolute Gasteiger partial charge is 0.379 e. The Morgan fingerprint density at radius 1 is 1.23 bits per heavy atom. The number of amides is 1. The Hall–Kier alpha value is -1.17. The minimum Gasteiger partial charge on any atom is -0.379 e. The molecule has 1 aliphatic heterocycles. The molecule has 0 saturated carbocycles. The van der Waals surface area contributed by atoms with Crippen LogP contribution >= 0.6 is 51.0 Å². The standard InChI is InChI=1S/C19H18BrF2N3O2S2.ClH/c20-16-3-2-14(28-16)18(26)25(5-1-4-24-6-8-27-9-7-24)19-23-17-13(22)10-12(21)11-15(17)29-19;/h2-3,10-11H,1,4-9H2;1H. The van der Waals surface area contributed by atoms with Gasteiger partial charge in [-0.3, -0.25) is 14.6 Å². The SMILES string of the molecule is Cl.O=C(c1ccc(Br)s1)N(CCCN1CCOCC1)c1nc2c(F)cc(F)cc2s1. The number of halogens is 4. The van der Waals surface area contributed by atoms with Crippen LogP contribution in [0.15, 0.2) is 28.1 Å². The van der Waals surface area contributed by atoms with Crippen LogP contribution < -0.4 is 4.90 Å². The zero-order valence-corrected chi connectivity index (χ0v) is 19.8. The molecule has 0 aliphatic carbocycles. The van der Waals surface area contributed by atoms with Gasteiger partial charge in [0.1, 0.15) is 11.3 Å². The molecule has 1 saturated heterocycles. The first kappa shape index (κ1) is 23.5. The first-order valence-electron chi connectivity index (χ1n) is 9.14. The molecule has 1 amide bonds. The summed E-state index contributed by atoms with van der Waals surface area (Å²) in [7, 11) is 0. The van der Waals surface area contributed by atoms with Crippen molar-refractivity contribution in [1.29, 1.82) is 0 Å². The van der Waals surface area contributed by atoms with Gasteiger partial charge in [-0.05, 0) is 40.5 Å². The second-order valence-electron chi connectivity index (χ2n) is 6.60. The van der Waals surface area contributed by atoms with Crippen LogP contribution in [0.2, 0.25) is 0 Å². The van der Waals surface area contributed by atoms with E-state index < -0.39 is 11.6 Å². The van der Waals surface area contributed by atoms with Crippen molar-refractivity contribution in [2.24, 2.45) is 0 Å². The Labute approximate surface area is 195 Å². The number of carbonyl (C=O) groups is 1. The van der Waals surface area contributed by atoms with E-state index in [0.717, 1.165) is 47.2 Å². The van der Waals surface area contributed by atoms with Gasteiger partial charge >= 0.3 is 0 Å². The normalized spacial score (nSPS) is 14.6. The van der Waals surface area contributed by atoms with E-state index in [-0.39, 0.29) is 23.8 Å². The third kappa shape index (κ3) is 5.35.